The van der Waals surface area contributed by atoms with Crippen molar-refractivity contribution in [3.63, 3.8) is 0 Å². The van der Waals surface area contributed by atoms with Crippen LogP contribution in [0, 0.1) is 12.8 Å². The first-order chi connectivity index (χ1) is 10.1. The van der Waals surface area contributed by atoms with Crippen molar-refractivity contribution >= 4 is 0 Å². The highest BCUT2D eigenvalue weighted by Gasteiger charge is 2.29. The van der Waals surface area contributed by atoms with Gasteiger partial charge in [0.2, 0.25) is 0 Å². The van der Waals surface area contributed by atoms with Crippen molar-refractivity contribution in [3.8, 4) is 0 Å². The zero-order chi connectivity index (χ0) is 14.8. The van der Waals surface area contributed by atoms with Crippen LogP contribution >= 0.6 is 0 Å². The third kappa shape index (κ3) is 3.22. The van der Waals surface area contributed by atoms with E-state index in [1.807, 2.05) is 19.1 Å². The molecular weight excluding hydrogens is 270 g/mol. The number of β-amino-alcohol motifs (C(OH)–C–C–N with tert-alkyl or cyclic N) is 1. The minimum absolute atomic E-state index is 0.0676. The first-order valence-corrected chi connectivity index (χ1v) is 7.10. The van der Waals surface area contributed by atoms with E-state index in [2.05, 4.69) is 10.00 Å². The molecule has 0 bridgehead atoms. The van der Waals surface area contributed by atoms with Gasteiger partial charge in [-0.1, -0.05) is 0 Å². The van der Waals surface area contributed by atoms with E-state index in [0.717, 1.165) is 18.8 Å². The van der Waals surface area contributed by atoms with Crippen LogP contribution in [-0.2, 0) is 6.54 Å². The van der Waals surface area contributed by atoms with E-state index in [0.29, 0.717) is 24.8 Å². The Morgan fingerprint density at radius 1 is 1.43 bits per heavy atom. The monoisotopic (exact) mass is 289 g/mol. The molecule has 1 unspecified atom stereocenters. The molecular formula is C15H19N3O3. The molecule has 1 aliphatic rings. The highest BCUT2D eigenvalue weighted by molar-refractivity contribution is 5.08. The zero-order valence-electron chi connectivity index (χ0n) is 12.0. The highest BCUT2D eigenvalue weighted by atomic mass is 16.4. The molecule has 1 aliphatic heterocycles. The van der Waals surface area contributed by atoms with Crippen LogP contribution in [0.4, 0.5) is 0 Å². The van der Waals surface area contributed by atoms with Crippen molar-refractivity contribution in [1.29, 1.82) is 0 Å². The van der Waals surface area contributed by atoms with Gasteiger partial charge in [-0.05, 0) is 25.1 Å². The minimum Gasteiger partial charge on any atom is -0.464 e. The minimum atomic E-state index is -0.600. The zero-order valence-corrected chi connectivity index (χ0v) is 12.0. The first-order valence-electron chi connectivity index (χ1n) is 7.10. The van der Waals surface area contributed by atoms with Crippen molar-refractivity contribution in [2.45, 2.75) is 19.6 Å². The molecule has 112 valence electrons. The van der Waals surface area contributed by atoms with Crippen molar-refractivity contribution in [2.75, 3.05) is 19.6 Å². The lowest BCUT2D eigenvalue weighted by molar-refractivity contribution is 0.0232. The molecule has 0 spiro atoms. The predicted octanol–water partition coefficient (Wildman–Crippen LogP) is 0.810. The largest absolute Gasteiger partial charge is 0.464 e. The molecule has 6 nitrogen and oxygen atoms in total. The van der Waals surface area contributed by atoms with Gasteiger partial charge in [0.05, 0.1) is 6.54 Å². The maximum Gasteiger partial charge on any atom is 0.266 e. The molecule has 6 heteroatoms. The predicted molar refractivity (Wildman–Crippen MR) is 76.8 cm³/mol. The summed E-state index contributed by atoms with van der Waals surface area (Å²) in [6.45, 7) is 4.77. The number of furan rings is 1. The molecule has 1 atom stereocenters. The molecule has 1 N–H and O–H groups in total. The van der Waals surface area contributed by atoms with E-state index in [-0.39, 0.29) is 5.56 Å². The van der Waals surface area contributed by atoms with Gasteiger partial charge in [-0.2, -0.15) is 5.10 Å². The van der Waals surface area contributed by atoms with Gasteiger partial charge in [0.1, 0.15) is 17.6 Å². The van der Waals surface area contributed by atoms with Crippen LogP contribution in [0.2, 0.25) is 0 Å². The Morgan fingerprint density at radius 3 is 2.90 bits per heavy atom. The fraction of sp³-hybridized carbons (Fsp3) is 0.467. The summed E-state index contributed by atoms with van der Waals surface area (Å²) in [7, 11) is 0. The maximum atomic E-state index is 11.6. The molecule has 0 radical (unpaired) electrons. The molecule has 1 fully saturated rings. The summed E-state index contributed by atoms with van der Waals surface area (Å²) in [4.78, 5) is 13.7. The van der Waals surface area contributed by atoms with Crippen molar-refractivity contribution in [3.05, 3.63) is 52.3 Å². The van der Waals surface area contributed by atoms with Crippen molar-refractivity contribution in [2.24, 2.45) is 5.92 Å². The van der Waals surface area contributed by atoms with Crippen LogP contribution in [0.3, 0.4) is 0 Å². The number of hydrogen-bond acceptors (Lipinski definition) is 5. The van der Waals surface area contributed by atoms with Crippen LogP contribution in [0.25, 0.3) is 0 Å². The molecule has 1 saturated heterocycles. The van der Waals surface area contributed by atoms with Gasteiger partial charge in [0.25, 0.3) is 5.56 Å². The lowest BCUT2D eigenvalue weighted by atomic mass is 9.99. The van der Waals surface area contributed by atoms with Crippen LogP contribution in [0.5, 0.6) is 0 Å². The molecule has 2 aromatic rings. The van der Waals surface area contributed by atoms with Gasteiger partial charge < -0.3 is 9.52 Å². The maximum absolute atomic E-state index is 11.6. The van der Waals surface area contributed by atoms with E-state index >= 15 is 0 Å². The van der Waals surface area contributed by atoms with Crippen molar-refractivity contribution in [1.82, 2.24) is 14.7 Å². The first kappa shape index (κ1) is 14.0. The highest BCUT2D eigenvalue weighted by Crippen LogP contribution is 2.22. The number of aryl methyl sites for hydroxylation is 1. The average molecular weight is 289 g/mol. The molecule has 3 rings (SSSR count). The van der Waals surface area contributed by atoms with Gasteiger partial charge >= 0.3 is 0 Å². The molecule has 0 aliphatic carbocycles. The molecule has 3 heterocycles. The fourth-order valence-corrected chi connectivity index (χ4v) is 2.68. The molecule has 0 amide bonds. The van der Waals surface area contributed by atoms with E-state index in [1.165, 1.54) is 10.7 Å². The second-order valence-electron chi connectivity index (χ2n) is 5.59. The second kappa shape index (κ2) is 5.83. The van der Waals surface area contributed by atoms with E-state index < -0.39 is 6.10 Å². The lowest BCUT2D eigenvalue weighted by Gasteiger charge is -2.39. The number of rotatable bonds is 5. The molecule has 21 heavy (non-hydrogen) atoms. The Hall–Kier alpha value is -1.92. The van der Waals surface area contributed by atoms with E-state index in [1.54, 1.807) is 12.3 Å². The number of aliphatic hydroxyl groups is 1. The third-order valence-electron chi connectivity index (χ3n) is 3.77. The number of likely N-dealkylation sites (tertiary alicyclic amines) is 1. The summed E-state index contributed by atoms with van der Waals surface area (Å²) < 4.78 is 6.92. The van der Waals surface area contributed by atoms with E-state index in [9.17, 15) is 9.90 Å². The normalized spacial score (nSPS) is 17.6. The summed E-state index contributed by atoms with van der Waals surface area (Å²) in [5.74, 6) is 1.82. The van der Waals surface area contributed by atoms with E-state index in [4.69, 9.17) is 4.42 Å². The summed E-state index contributed by atoms with van der Waals surface area (Å²) in [6.07, 6.45) is 1.03. The number of hydrogen-bond donors (Lipinski definition) is 1. The van der Waals surface area contributed by atoms with Gasteiger partial charge in [-0.25, -0.2) is 4.68 Å². The fourth-order valence-electron chi connectivity index (χ4n) is 2.68. The molecule has 0 aromatic carbocycles. The number of aliphatic hydroxyl groups excluding tert-OH is 1. The number of aromatic nitrogens is 2. The lowest BCUT2D eigenvalue weighted by Crippen LogP contribution is -2.50. The van der Waals surface area contributed by atoms with Gasteiger partial charge in [-0.15, -0.1) is 0 Å². The topological polar surface area (TPSA) is 71.5 Å². The summed E-state index contributed by atoms with van der Waals surface area (Å²) in [6, 6.07) is 6.83. The van der Waals surface area contributed by atoms with Crippen LogP contribution in [-0.4, -0.2) is 39.4 Å². The Kier molecular flexibility index (Phi) is 3.90. The average Bonchev–Trinajstić information content (AvgIpc) is 2.85. The smallest absolute Gasteiger partial charge is 0.266 e. The van der Waals surface area contributed by atoms with Crippen LogP contribution < -0.4 is 5.56 Å². The number of nitrogens with zero attached hydrogens (tertiary/aromatic N) is 3. The Morgan fingerprint density at radius 2 is 2.24 bits per heavy atom. The SMILES string of the molecule is Cc1ccc(C(O)CN2CC(Cn3ncccc3=O)C2)o1. The third-order valence-corrected chi connectivity index (χ3v) is 3.77. The summed E-state index contributed by atoms with van der Waals surface area (Å²) in [5.41, 5.74) is -0.0676. The summed E-state index contributed by atoms with van der Waals surface area (Å²) in [5, 5.41) is 14.1. The molecule has 0 saturated carbocycles. The second-order valence-corrected chi connectivity index (χ2v) is 5.59. The Balaban J connectivity index is 1.48. The van der Waals surface area contributed by atoms with Gasteiger partial charge in [0.15, 0.2) is 0 Å². The quantitative estimate of drug-likeness (QED) is 0.882. The molecule has 2 aromatic heterocycles. The van der Waals surface area contributed by atoms with Crippen molar-refractivity contribution < 1.29 is 9.52 Å². The summed E-state index contributed by atoms with van der Waals surface area (Å²) >= 11 is 0. The Labute approximate surface area is 122 Å². The van der Waals surface area contributed by atoms with Crippen LogP contribution in [0.15, 0.2) is 39.7 Å². The van der Waals surface area contributed by atoms with Crippen LogP contribution in [0.1, 0.15) is 17.6 Å². The Bertz CT molecular complexity index is 658. The standard InChI is InChI=1S/C15H19N3O3/c1-11-4-5-14(21-11)13(19)10-17-7-12(8-17)9-18-15(20)3-2-6-16-18/h2-6,12-13,19H,7-10H2,1H3. The van der Waals surface area contributed by atoms with Gasteiger partial charge in [-0.3, -0.25) is 9.69 Å². The van der Waals surface area contributed by atoms with Gasteiger partial charge in [0, 0.05) is 37.8 Å².